The molecule has 0 bridgehead atoms. The maximum atomic E-state index is 12.8. The SMILES string of the molecule is Cc1c(NC(=O)c2c(NC(=O)c3ccc(COc4cccc(Cl)c4)o3)cnn2C)cnn1C. The second-order valence-corrected chi connectivity index (χ2v) is 7.65. The zero-order valence-electron chi connectivity index (χ0n) is 18.1. The number of halogens is 1. The highest BCUT2D eigenvalue weighted by Gasteiger charge is 2.22. The molecule has 1 aromatic carbocycles. The second kappa shape index (κ2) is 9.21. The molecule has 0 saturated heterocycles. The van der Waals surface area contributed by atoms with Gasteiger partial charge in [0.05, 0.1) is 29.5 Å². The number of hydrogen-bond donors (Lipinski definition) is 2. The lowest BCUT2D eigenvalue weighted by Gasteiger charge is -2.08. The van der Waals surface area contributed by atoms with Crippen molar-refractivity contribution in [2.45, 2.75) is 13.5 Å². The predicted molar refractivity (Wildman–Crippen MR) is 122 cm³/mol. The highest BCUT2D eigenvalue weighted by atomic mass is 35.5. The van der Waals surface area contributed by atoms with Crippen LogP contribution in [-0.4, -0.2) is 31.4 Å². The van der Waals surface area contributed by atoms with E-state index in [4.69, 9.17) is 20.8 Å². The number of nitrogens with zero attached hydrogens (tertiary/aromatic N) is 4. The number of aromatic nitrogens is 4. The van der Waals surface area contributed by atoms with Crippen LogP contribution >= 0.6 is 11.6 Å². The van der Waals surface area contributed by atoms with Crippen LogP contribution in [0.15, 0.2) is 53.2 Å². The van der Waals surface area contributed by atoms with Crippen molar-refractivity contribution in [3.8, 4) is 5.75 Å². The van der Waals surface area contributed by atoms with Gasteiger partial charge in [0, 0.05) is 19.1 Å². The van der Waals surface area contributed by atoms with Gasteiger partial charge in [-0.3, -0.25) is 19.0 Å². The van der Waals surface area contributed by atoms with Crippen LogP contribution in [0.1, 0.15) is 32.5 Å². The van der Waals surface area contributed by atoms with Crippen LogP contribution in [0.25, 0.3) is 0 Å². The molecule has 0 atom stereocenters. The Morgan fingerprint density at radius 2 is 1.76 bits per heavy atom. The number of carbonyl (C=O) groups is 2. The monoisotopic (exact) mass is 468 g/mol. The molecule has 0 saturated carbocycles. The van der Waals surface area contributed by atoms with Gasteiger partial charge >= 0.3 is 0 Å². The summed E-state index contributed by atoms with van der Waals surface area (Å²) in [6, 6.07) is 10.1. The summed E-state index contributed by atoms with van der Waals surface area (Å²) in [5.41, 5.74) is 1.79. The number of ether oxygens (including phenoxy) is 1. The number of hydrogen-bond acceptors (Lipinski definition) is 6. The Morgan fingerprint density at radius 3 is 2.48 bits per heavy atom. The summed E-state index contributed by atoms with van der Waals surface area (Å²) in [6.45, 7) is 1.96. The standard InChI is InChI=1S/C22H21ClN6O4/c1-13-17(10-24-28(13)2)26-22(31)20-18(11-25-29(20)3)27-21(30)19-8-7-16(33-19)12-32-15-6-4-5-14(23)9-15/h4-11H,12H2,1-3H3,(H,26,31)(H,27,30). The third-order valence-electron chi connectivity index (χ3n) is 4.95. The van der Waals surface area contributed by atoms with E-state index in [1.807, 2.05) is 6.92 Å². The molecule has 170 valence electrons. The predicted octanol–water partition coefficient (Wildman–Crippen LogP) is 3.79. The molecule has 11 heteroatoms. The molecule has 0 unspecified atom stereocenters. The van der Waals surface area contributed by atoms with Crippen molar-refractivity contribution in [1.82, 2.24) is 19.6 Å². The van der Waals surface area contributed by atoms with Crippen molar-refractivity contribution in [2.24, 2.45) is 14.1 Å². The molecule has 33 heavy (non-hydrogen) atoms. The number of aryl methyl sites for hydroxylation is 2. The van der Waals surface area contributed by atoms with Gasteiger partial charge in [0.25, 0.3) is 11.8 Å². The molecule has 2 amide bonds. The molecule has 0 fully saturated rings. The Morgan fingerprint density at radius 1 is 1.03 bits per heavy atom. The van der Waals surface area contributed by atoms with Crippen molar-refractivity contribution in [1.29, 1.82) is 0 Å². The minimum atomic E-state index is -0.524. The lowest BCUT2D eigenvalue weighted by molar-refractivity contribution is 0.0992. The van der Waals surface area contributed by atoms with Gasteiger partial charge in [0.1, 0.15) is 23.8 Å². The first-order valence-corrected chi connectivity index (χ1v) is 10.3. The van der Waals surface area contributed by atoms with E-state index < -0.39 is 11.8 Å². The molecule has 0 aliphatic carbocycles. The lowest BCUT2D eigenvalue weighted by atomic mass is 10.3. The minimum Gasteiger partial charge on any atom is -0.486 e. The zero-order valence-corrected chi connectivity index (χ0v) is 18.9. The highest BCUT2D eigenvalue weighted by molar-refractivity contribution is 6.30. The summed E-state index contributed by atoms with van der Waals surface area (Å²) in [5, 5.41) is 14.2. The van der Waals surface area contributed by atoms with Crippen molar-refractivity contribution < 1.29 is 18.7 Å². The number of benzene rings is 1. The van der Waals surface area contributed by atoms with Crippen LogP contribution in [0.4, 0.5) is 11.4 Å². The fourth-order valence-electron chi connectivity index (χ4n) is 3.07. The van der Waals surface area contributed by atoms with Crippen LogP contribution in [0.2, 0.25) is 5.02 Å². The van der Waals surface area contributed by atoms with E-state index in [1.165, 1.54) is 16.9 Å². The molecule has 3 aromatic heterocycles. The van der Waals surface area contributed by atoms with Crippen molar-refractivity contribution >= 4 is 34.8 Å². The Balaban J connectivity index is 1.43. The van der Waals surface area contributed by atoms with Gasteiger partial charge in [0.2, 0.25) is 0 Å². The molecular weight excluding hydrogens is 448 g/mol. The summed E-state index contributed by atoms with van der Waals surface area (Å²) < 4.78 is 14.2. The van der Waals surface area contributed by atoms with E-state index in [0.717, 1.165) is 5.69 Å². The Kier molecular flexibility index (Phi) is 6.18. The number of furan rings is 1. The van der Waals surface area contributed by atoms with Crippen molar-refractivity contribution in [2.75, 3.05) is 10.6 Å². The third-order valence-corrected chi connectivity index (χ3v) is 5.18. The first kappa shape index (κ1) is 22.2. The number of anilines is 2. The first-order valence-electron chi connectivity index (χ1n) is 9.92. The molecule has 0 aliphatic heterocycles. The highest BCUT2D eigenvalue weighted by Crippen LogP contribution is 2.21. The number of amides is 2. The lowest BCUT2D eigenvalue weighted by Crippen LogP contribution is -2.20. The van der Waals surface area contributed by atoms with Crippen molar-refractivity contribution in [3.05, 3.63) is 76.7 Å². The summed E-state index contributed by atoms with van der Waals surface area (Å²) in [4.78, 5) is 25.5. The largest absolute Gasteiger partial charge is 0.486 e. The number of nitrogens with one attached hydrogen (secondary N) is 2. The van der Waals surface area contributed by atoms with Crippen LogP contribution in [0.5, 0.6) is 5.75 Å². The topological polar surface area (TPSA) is 116 Å². The molecule has 0 spiro atoms. The fraction of sp³-hybridized carbons (Fsp3) is 0.182. The van der Waals surface area contributed by atoms with Crippen LogP contribution in [-0.2, 0) is 20.7 Å². The average molecular weight is 469 g/mol. The fourth-order valence-corrected chi connectivity index (χ4v) is 3.25. The molecule has 2 N–H and O–H groups in total. The van der Waals surface area contributed by atoms with E-state index in [2.05, 4.69) is 20.8 Å². The molecule has 4 rings (SSSR count). The van der Waals surface area contributed by atoms with Gasteiger partial charge in [-0.2, -0.15) is 10.2 Å². The Bertz CT molecular complexity index is 1320. The average Bonchev–Trinajstić information content (AvgIpc) is 3.48. The first-order chi connectivity index (χ1) is 15.8. The molecule has 4 aromatic rings. The molecular formula is C22H21ClN6O4. The molecule has 0 aliphatic rings. The van der Waals surface area contributed by atoms with E-state index in [1.54, 1.807) is 55.3 Å². The summed E-state index contributed by atoms with van der Waals surface area (Å²) >= 11 is 5.94. The molecule has 3 heterocycles. The summed E-state index contributed by atoms with van der Waals surface area (Å²) in [7, 11) is 3.39. The van der Waals surface area contributed by atoms with Crippen LogP contribution in [0, 0.1) is 6.92 Å². The number of rotatable bonds is 7. The second-order valence-electron chi connectivity index (χ2n) is 7.22. The summed E-state index contributed by atoms with van der Waals surface area (Å²) in [6.07, 6.45) is 2.95. The summed E-state index contributed by atoms with van der Waals surface area (Å²) in [5.74, 6) is 0.147. The smallest absolute Gasteiger partial charge is 0.291 e. The van der Waals surface area contributed by atoms with Gasteiger partial charge in [-0.15, -0.1) is 0 Å². The van der Waals surface area contributed by atoms with Crippen molar-refractivity contribution in [3.63, 3.8) is 0 Å². The van der Waals surface area contributed by atoms with E-state index in [-0.39, 0.29) is 23.7 Å². The quantitative estimate of drug-likeness (QED) is 0.426. The van der Waals surface area contributed by atoms with Gasteiger partial charge in [-0.25, -0.2) is 0 Å². The van der Waals surface area contributed by atoms with Crippen LogP contribution in [0.3, 0.4) is 0 Å². The third kappa shape index (κ3) is 4.90. The Hall–Kier alpha value is -4.05. The van der Waals surface area contributed by atoms with E-state index in [0.29, 0.717) is 22.2 Å². The Labute approximate surface area is 194 Å². The zero-order chi connectivity index (χ0) is 23.5. The normalized spacial score (nSPS) is 10.8. The van der Waals surface area contributed by atoms with E-state index >= 15 is 0 Å². The maximum absolute atomic E-state index is 12.8. The van der Waals surface area contributed by atoms with Crippen LogP contribution < -0.4 is 15.4 Å². The minimum absolute atomic E-state index is 0.0676. The molecule has 10 nitrogen and oxygen atoms in total. The van der Waals surface area contributed by atoms with Gasteiger partial charge < -0.3 is 19.8 Å². The number of carbonyl (C=O) groups excluding carboxylic acids is 2. The van der Waals surface area contributed by atoms with E-state index in [9.17, 15) is 9.59 Å². The molecule has 0 radical (unpaired) electrons. The van der Waals surface area contributed by atoms with Gasteiger partial charge in [0.15, 0.2) is 5.76 Å². The maximum Gasteiger partial charge on any atom is 0.291 e. The van der Waals surface area contributed by atoms with Gasteiger partial charge in [-0.05, 0) is 37.3 Å². The van der Waals surface area contributed by atoms with Gasteiger partial charge in [-0.1, -0.05) is 17.7 Å².